The maximum atomic E-state index is 13.8. The van der Waals surface area contributed by atoms with E-state index in [0.717, 1.165) is 0 Å². The van der Waals surface area contributed by atoms with Gasteiger partial charge in [-0.15, -0.1) is 0 Å². The van der Waals surface area contributed by atoms with Crippen molar-refractivity contribution in [2.75, 3.05) is 27.4 Å². The van der Waals surface area contributed by atoms with Gasteiger partial charge in [0, 0.05) is 22.9 Å². The Hall–Kier alpha value is -2.81. The first-order valence-electron chi connectivity index (χ1n) is 11.2. The second-order valence-corrected chi connectivity index (χ2v) is 9.08. The van der Waals surface area contributed by atoms with E-state index < -0.39 is 23.8 Å². The fraction of sp³-hybridized carbons (Fsp3) is 0.480. The molecule has 184 valence electrons. The summed E-state index contributed by atoms with van der Waals surface area (Å²) in [5.74, 6) is -2.48. The molecule has 2 aliphatic rings. The van der Waals surface area contributed by atoms with Crippen molar-refractivity contribution in [3.05, 3.63) is 44.7 Å². The van der Waals surface area contributed by atoms with E-state index in [-0.39, 0.29) is 18.3 Å². The highest BCUT2D eigenvalue weighted by Crippen LogP contribution is 2.48. The zero-order valence-electron chi connectivity index (χ0n) is 20.2. The molecule has 8 nitrogen and oxygen atoms in total. The van der Waals surface area contributed by atoms with Gasteiger partial charge in [-0.05, 0) is 66.7 Å². The number of carbonyl (C=O) groups is 3. The average Bonchev–Trinajstić information content (AvgIpc) is 2.78. The number of rotatable bonds is 7. The van der Waals surface area contributed by atoms with Crippen LogP contribution in [0.1, 0.15) is 45.6 Å². The summed E-state index contributed by atoms with van der Waals surface area (Å²) in [6, 6.07) is 3.56. The minimum Gasteiger partial charge on any atom is -0.492 e. The largest absolute Gasteiger partial charge is 0.492 e. The number of benzene rings is 1. The van der Waals surface area contributed by atoms with Crippen molar-refractivity contribution >= 4 is 33.7 Å². The molecule has 1 N–H and O–H groups in total. The van der Waals surface area contributed by atoms with Crippen LogP contribution in [0.5, 0.6) is 11.5 Å². The molecule has 0 aromatic heterocycles. The van der Waals surface area contributed by atoms with Gasteiger partial charge in [0.2, 0.25) is 0 Å². The Morgan fingerprint density at radius 2 is 1.88 bits per heavy atom. The summed E-state index contributed by atoms with van der Waals surface area (Å²) in [5.41, 5.74) is 2.61. The molecular weight excluding hydrogens is 506 g/mol. The predicted molar refractivity (Wildman–Crippen MR) is 128 cm³/mol. The number of Topliss-reactive ketones (excluding diaryl/α,β-unsaturated/α-hetero) is 1. The molecule has 0 amide bonds. The normalized spacial score (nSPS) is 22.1. The van der Waals surface area contributed by atoms with Crippen molar-refractivity contribution < 1.29 is 33.3 Å². The molecule has 0 spiro atoms. The number of allylic oxidation sites excluding steroid dienone is 3. The standard InChI is InChI=1S/C25H30BrNO7/c1-7-33-17-11-14(10-15(26)23(17)31-5)20-19(25(30)34-8-2)13(4)27-16-9-12(3)18(24(29)32-6)22(28)21(16)20/h10-12,18,20,27H,7-9H2,1-6H3/t12-,18-,20-/m0/s1. The fourth-order valence-corrected chi connectivity index (χ4v) is 5.33. The number of dihydropyridines is 1. The molecule has 9 heteroatoms. The molecule has 0 bridgehead atoms. The summed E-state index contributed by atoms with van der Waals surface area (Å²) in [6.45, 7) is 7.78. The first-order chi connectivity index (χ1) is 16.2. The molecule has 1 heterocycles. The molecule has 1 aliphatic carbocycles. The minimum absolute atomic E-state index is 0.181. The third-order valence-electron chi connectivity index (χ3n) is 6.11. The van der Waals surface area contributed by atoms with Crippen molar-refractivity contribution in [3.63, 3.8) is 0 Å². The third kappa shape index (κ3) is 4.58. The van der Waals surface area contributed by atoms with Crippen molar-refractivity contribution in [1.82, 2.24) is 5.32 Å². The van der Waals surface area contributed by atoms with E-state index >= 15 is 0 Å². The summed E-state index contributed by atoms with van der Waals surface area (Å²) in [4.78, 5) is 39.4. The molecule has 1 aliphatic heterocycles. The molecule has 0 saturated heterocycles. The topological polar surface area (TPSA) is 100 Å². The Kier molecular flexibility index (Phi) is 8.07. The van der Waals surface area contributed by atoms with Gasteiger partial charge >= 0.3 is 11.9 Å². The number of nitrogens with one attached hydrogen (secondary N) is 1. The highest BCUT2D eigenvalue weighted by atomic mass is 79.9. The highest BCUT2D eigenvalue weighted by Gasteiger charge is 2.47. The van der Waals surface area contributed by atoms with Crippen LogP contribution in [0.15, 0.2) is 39.1 Å². The predicted octanol–water partition coefficient (Wildman–Crippen LogP) is 4.03. The van der Waals surface area contributed by atoms with E-state index in [9.17, 15) is 14.4 Å². The Labute approximate surface area is 207 Å². The molecule has 1 aromatic carbocycles. The first-order valence-corrected chi connectivity index (χ1v) is 12.0. The molecule has 1 aromatic rings. The van der Waals surface area contributed by atoms with Crippen molar-refractivity contribution in [1.29, 1.82) is 0 Å². The number of hydrogen-bond donors (Lipinski definition) is 1. The highest BCUT2D eigenvalue weighted by molar-refractivity contribution is 9.10. The van der Waals surface area contributed by atoms with E-state index in [1.807, 2.05) is 13.8 Å². The Morgan fingerprint density at radius 3 is 2.47 bits per heavy atom. The number of hydrogen-bond acceptors (Lipinski definition) is 8. The van der Waals surface area contributed by atoms with Gasteiger partial charge in [-0.1, -0.05) is 6.92 Å². The van der Waals surface area contributed by atoms with Crippen LogP contribution in [0.4, 0.5) is 0 Å². The summed E-state index contributed by atoms with van der Waals surface area (Å²) >= 11 is 3.53. The van der Waals surface area contributed by atoms with Crippen LogP contribution in [-0.2, 0) is 23.9 Å². The Morgan fingerprint density at radius 1 is 1.18 bits per heavy atom. The molecule has 34 heavy (non-hydrogen) atoms. The van der Waals surface area contributed by atoms with Crippen molar-refractivity contribution in [2.24, 2.45) is 11.8 Å². The number of carbonyl (C=O) groups excluding carboxylic acids is 3. The van der Waals surface area contributed by atoms with Gasteiger partial charge in [-0.2, -0.15) is 0 Å². The smallest absolute Gasteiger partial charge is 0.336 e. The lowest BCUT2D eigenvalue weighted by atomic mass is 9.69. The van der Waals surface area contributed by atoms with Crippen LogP contribution >= 0.6 is 15.9 Å². The average molecular weight is 536 g/mol. The molecular formula is C25H30BrNO7. The van der Waals surface area contributed by atoms with Crippen molar-refractivity contribution in [2.45, 2.75) is 40.0 Å². The summed E-state index contributed by atoms with van der Waals surface area (Å²) in [6.07, 6.45) is 0.459. The SMILES string of the molecule is CCOC(=O)C1=C(C)NC2=C(C(=O)[C@@H](C(=O)OC)[C@@H](C)C2)[C@H]1c1cc(Br)c(OC)c(OCC)c1. The van der Waals surface area contributed by atoms with Crippen LogP contribution in [0, 0.1) is 11.8 Å². The quantitative estimate of drug-likeness (QED) is 0.412. The maximum absolute atomic E-state index is 13.8. The molecule has 3 rings (SSSR count). The number of esters is 2. The second-order valence-electron chi connectivity index (χ2n) is 8.22. The molecule has 0 fully saturated rings. The lowest BCUT2D eigenvalue weighted by Gasteiger charge is -2.38. The van der Waals surface area contributed by atoms with Crippen LogP contribution in [0.3, 0.4) is 0 Å². The van der Waals surface area contributed by atoms with E-state index in [1.165, 1.54) is 14.2 Å². The number of halogens is 1. The summed E-state index contributed by atoms with van der Waals surface area (Å²) in [5, 5.41) is 3.24. The Balaban J connectivity index is 2.27. The lowest BCUT2D eigenvalue weighted by molar-refractivity contribution is -0.151. The summed E-state index contributed by atoms with van der Waals surface area (Å²) in [7, 11) is 2.81. The van der Waals surface area contributed by atoms with E-state index in [2.05, 4.69) is 21.2 Å². The van der Waals surface area contributed by atoms with Gasteiger partial charge in [0.15, 0.2) is 17.3 Å². The van der Waals surface area contributed by atoms with Crippen molar-refractivity contribution in [3.8, 4) is 11.5 Å². The molecule has 0 unspecified atom stereocenters. The van der Waals surface area contributed by atoms with Crippen LogP contribution in [-0.4, -0.2) is 45.2 Å². The van der Waals surface area contributed by atoms with Crippen LogP contribution < -0.4 is 14.8 Å². The molecule has 0 radical (unpaired) electrons. The first kappa shape index (κ1) is 25.8. The summed E-state index contributed by atoms with van der Waals surface area (Å²) < 4.78 is 22.2. The van der Waals surface area contributed by atoms with Gasteiger partial charge in [0.05, 0.1) is 37.5 Å². The van der Waals surface area contributed by atoms with Gasteiger partial charge in [-0.3, -0.25) is 9.59 Å². The number of ketones is 1. The zero-order chi connectivity index (χ0) is 25.2. The van der Waals surface area contributed by atoms with Crippen LogP contribution in [0.2, 0.25) is 0 Å². The monoisotopic (exact) mass is 535 g/mol. The molecule has 3 atom stereocenters. The van der Waals surface area contributed by atoms with E-state index in [0.29, 0.717) is 57.1 Å². The van der Waals surface area contributed by atoms with Gasteiger partial charge < -0.3 is 24.3 Å². The van der Waals surface area contributed by atoms with E-state index in [1.54, 1.807) is 26.0 Å². The maximum Gasteiger partial charge on any atom is 0.336 e. The second kappa shape index (κ2) is 10.6. The Bertz CT molecular complexity index is 1080. The van der Waals surface area contributed by atoms with Gasteiger partial charge in [0.25, 0.3) is 0 Å². The van der Waals surface area contributed by atoms with Crippen LogP contribution in [0.25, 0.3) is 0 Å². The van der Waals surface area contributed by atoms with Gasteiger partial charge in [-0.25, -0.2) is 4.79 Å². The lowest BCUT2D eigenvalue weighted by Crippen LogP contribution is -2.43. The zero-order valence-corrected chi connectivity index (χ0v) is 21.8. The van der Waals surface area contributed by atoms with Gasteiger partial charge in [0.1, 0.15) is 5.92 Å². The third-order valence-corrected chi connectivity index (χ3v) is 6.70. The minimum atomic E-state index is -0.956. The fourth-order valence-electron chi connectivity index (χ4n) is 4.71. The van der Waals surface area contributed by atoms with E-state index in [4.69, 9.17) is 18.9 Å². The molecule has 0 saturated carbocycles. The number of methoxy groups -OCH3 is 2. The number of ether oxygens (including phenoxy) is 4.